The normalized spacial score (nSPS) is 10.3. The zero-order valence-electron chi connectivity index (χ0n) is 12.3. The van der Waals surface area contributed by atoms with E-state index in [2.05, 4.69) is 34.7 Å². The molecule has 3 rings (SSSR count). The summed E-state index contributed by atoms with van der Waals surface area (Å²) in [6.45, 7) is 0. The van der Waals surface area contributed by atoms with Gasteiger partial charge in [-0.15, -0.1) is 0 Å². The SMILES string of the molecule is Oc1ccc(C(=C(I)c2ccccc2)c2ccc(O)cc2)cc1. The summed E-state index contributed by atoms with van der Waals surface area (Å²) in [6.07, 6.45) is 0. The molecule has 114 valence electrons. The molecular formula is C20H15IO2. The van der Waals surface area contributed by atoms with Gasteiger partial charge in [-0.1, -0.05) is 54.6 Å². The molecule has 0 radical (unpaired) electrons. The van der Waals surface area contributed by atoms with Crippen LogP contribution in [0.25, 0.3) is 9.15 Å². The lowest BCUT2D eigenvalue weighted by Crippen LogP contribution is -1.91. The van der Waals surface area contributed by atoms with Crippen LogP contribution in [0, 0.1) is 0 Å². The molecule has 0 aliphatic rings. The first-order valence-corrected chi connectivity index (χ1v) is 8.27. The summed E-state index contributed by atoms with van der Waals surface area (Å²) in [4.78, 5) is 0. The minimum Gasteiger partial charge on any atom is -0.508 e. The summed E-state index contributed by atoms with van der Waals surface area (Å²) >= 11 is 2.35. The van der Waals surface area contributed by atoms with E-state index < -0.39 is 0 Å². The molecule has 0 atom stereocenters. The van der Waals surface area contributed by atoms with E-state index >= 15 is 0 Å². The maximum atomic E-state index is 9.55. The Morgan fingerprint density at radius 3 is 1.43 bits per heavy atom. The zero-order valence-corrected chi connectivity index (χ0v) is 14.4. The molecule has 0 saturated carbocycles. The monoisotopic (exact) mass is 414 g/mol. The van der Waals surface area contributed by atoms with Crippen LogP contribution in [0.4, 0.5) is 0 Å². The Hall–Kier alpha value is -2.27. The Bertz CT molecular complexity index is 772. The van der Waals surface area contributed by atoms with Gasteiger partial charge in [-0.05, 0) is 63.5 Å². The topological polar surface area (TPSA) is 40.5 Å². The summed E-state index contributed by atoms with van der Waals surface area (Å²) in [5.41, 5.74) is 4.23. The Balaban J connectivity index is 2.21. The highest BCUT2D eigenvalue weighted by atomic mass is 127. The molecule has 3 aromatic carbocycles. The van der Waals surface area contributed by atoms with E-state index in [9.17, 15) is 10.2 Å². The summed E-state index contributed by atoms with van der Waals surface area (Å²) in [5.74, 6) is 0.488. The maximum Gasteiger partial charge on any atom is 0.115 e. The third-order valence-electron chi connectivity index (χ3n) is 3.56. The molecule has 0 unspecified atom stereocenters. The van der Waals surface area contributed by atoms with Gasteiger partial charge in [-0.25, -0.2) is 0 Å². The van der Waals surface area contributed by atoms with Crippen molar-refractivity contribution >= 4 is 31.7 Å². The van der Waals surface area contributed by atoms with Crippen LogP contribution in [0.1, 0.15) is 16.7 Å². The van der Waals surface area contributed by atoms with Crippen LogP contribution in [0.2, 0.25) is 0 Å². The molecule has 3 aromatic rings. The van der Waals surface area contributed by atoms with E-state index in [1.807, 2.05) is 42.5 Å². The van der Waals surface area contributed by atoms with Crippen LogP contribution in [0.5, 0.6) is 11.5 Å². The molecule has 3 heteroatoms. The van der Waals surface area contributed by atoms with Gasteiger partial charge in [0.15, 0.2) is 0 Å². The minimum absolute atomic E-state index is 0.244. The first-order chi connectivity index (χ1) is 11.1. The quantitative estimate of drug-likeness (QED) is 0.442. The van der Waals surface area contributed by atoms with Crippen molar-refractivity contribution in [1.82, 2.24) is 0 Å². The smallest absolute Gasteiger partial charge is 0.115 e. The van der Waals surface area contributed by atoms with Crippen molar-refractivity contribution in [2.75, 3.05) is 0 Å². The van der Waals surface area contributed by atoms with E-state index in [0.29, 0.717) is 0 Å². The van der Waals surface area contributed by atoms with E-state index in [4.69, 9.17) is 0 Å². The van der Waals surface area contributed by atoms with Gasteiger partial charge in [0.1, 0.15) is 11.5 Å². The van der Waals surface area contributed by atoms with Gasteiger partial charge >= 0.3 is 0 Å². The van der Waals surface area contributed by atoms with Crippen LogP contribution >= 0.6 is 22.6 Å². The third kappa shape index (κ3) is 3.56. The highest BCUT2D eigenvalue weighted by Gasteiger charge is 2.12. The molecule has 0 fully saturated rings. The molecule has 2 nitrogen and oxygen atoms in total. The fraction of sp³-hybridized carbons (Fsp3) is 0. The van der Waals surface area contributed by atoms with Crippen LogP contribution in [0.15, 0.2) is 78.9 Å². The predicted molar refractivity (Wildman–Crippen MR) is 103 cm³/mol. The molecule has 0 heterocycles. The molecular weight excluding hydrogens is 399 g/mol. The van der Waals surface area contributed by atoms with Gasteiger partial charge in [-0.2, -0.15) is 0 Å². The summed E-state index contributed by atoms with van der Waals surface area (Å²) < 4.78 is 1.11. The zero-order chi connectivity index (χ0) is 16.2. The molecule has 0 saturated heterocycles. The van der Waals surface area contributed by atoms with Crippen molar-refractivity contribution < 1.29 is 10.2 Å². The highest BCUT2D eigenvalue weighted by molar-refractivity contribution is 14.1. The van der Waals surface area contributed by atoms with Crippen molar-refractivity contribution in [3.05, 3.63) is 95.6 Å². The number of phenols is 2. The molecule has 0 aromatic heterocycles. The van der Waals surface area contributed by atoms with Gasteiger partial charge in [-0.3, -0.25) is 0 Å². The Morgan fingerprint density at radius 2 is 1.00 bits per heavy atom. The largest absolute Gasteiger partial charge is 0.508 e. The van der Waals surface area contributed by atoms with Crippen LogP contribution in [-0.4, -0.2) is 10.2 Å². The van der Waals surface area contributed by atoms with Gasteiger partial charge < -0.3 is 10.2 Å². The van der Waals surface area contributed by atoms with Gasteiger partial charge in [0.2, 0.25) is 0 Å². The summed E-state index contributed by atoms with van der Waals surface area (Å²) in [6, 6.07) is 24.5. The number of rotatable bonds is 3. The van der Waals surface area contributed by atoms with Crippen LogP contribution < -0.4 is 0 Å². The lowest BCUT2D eigenvalue weighted by Gasteiger charge is -2.13. The molecule has 0 aliphatic heterocycles. The third-order valence-corrected chi connectivity index (χ3v) is 4.72. The average Bonchev–Trinajstić information content (AvgIpc) is 2.59. The predicted octanol–water partition coefficient (Wildman–Crippen LogP) is 5.45. The number of aromatic hydroxyl groups is 2. The maximum absolute atomic E-state index is 9.55. The standard InChI is InChI=1S/C20H15IO2/c21-20(16-4-2-1-3-5-16)19(14-6-10-17(22)11-7-14)15-8-12-18(23)13-9-15/h1-13,22-23H. The van der Waals surface area contributed by atoms with Crippen LogP contribution in [-0.2, 0) is 0 Å². The Morgan fingerprint density at radius 1 is 0.565 bits per heavy atom. The van der Waals surface area contributed by atoms with E-state index in [1.165, 1.54) is 0 Å². The first-order valence-electron chi connectivity index (χ1n) is 7.19. The number of benzene rings is 3. The van der Waals surface area contributed by atoms with Crippen molar-refractivity contribution in [2.24, 2.45) is 0 Å². The number of hydrogen-bond donors (Lipinski definition) is 2. The van der Waals surface area contributed by atoms with Gasteiger partial charge in [0.25, 0.3) is 0 Å². The van der Waals surface area contributed by atoms with Crippen molar-refractivity contribution in [1.29, 1.82) is 0 Å². The van der Waals surface area contributed by atoms with E-state index in [0.717, 1.165) is 25.8 Å². The molecule has 0 aliphatic carbocycles. The van der Waals surface area contributed by atoms with E-state index in [1.54, 1.807) is 24.3 Å². The Kier molecular flexibility index (Phi) is 4.67. The Labute approximate surface area is 148 Å². The molecule has 23 heavy (non-hydrogen) atoms. The first kappa shape index (κ1) is 15.6. The fourth-order valence-corrected chi connectivity index (χ4v) is 3.39. The molecule has 2 N–H and O–H groups in total. The van der Waals surface area contributed by atoms with Crippen molar-refractivity contribution in [3.63, 3.8) is 0 Å². The van der Waals surface area contributed by atoms with Gasteiger partial charge in [0, 0.05) is 9.15 Å². The number of halogens is 1. The van der Waals surface area contributed by atoms with Crippen molar-refractivity contribution in [2.45, 2.75) is 0 Å². The number of hydrogen-bond acceptors (Lipinski definition) is 2. The fourth-order valence-electron chi connectivity index (χ4n) is 2.41. The number of phenolic OH excluding ortho intramolecular Hbond substituents is 2. The second kappa shape index (κ2) is 6.87. The second-order valence-corrected chi connectivity index (χ2v) is 6.23. The highest BCUT2D eigenvalue weighted by Crippen LogP contribution is 2.37. The average molecular weight is 414 g/mol. The molecule has 0 bridgehead atoms. The van der Waals surface area contributed by atoms with Crippen molar-refractivity contribution in [3.8, 4) is 11.5 Å². The molecule has 0 amide bonds. The summed E-state index contributed by atoms with van der Waals surface area (Å²) in [7, 11) is 0. The van der Waals surface area contributed by atoms with Gasteiger partial charge in [0.05, 0.1) is 0 Å². The van der Waals surface area contributed by atoms with Crippen LogP contribution in [0.3, 0.4) is 0 Å². The van der Waals surface area contributed by atoms with E-state index in [-0.39, 0.29) is 11.5 Å². The lowest BCUT2D eigenvalue weighted by atomic mass is 9.95. The lowest BCUT2D eigenvalue weighted by molar-refractivity contribution is 0.475. The molecule has 0 spiro atoms. The summed E-state index contributed by atoms with van der Waals surface area (Å²) in [5, 5.41) is 19.1. The minimum atomic E-state index is 0.244. The second-order valence-electron chi connectivity index (χ2n) is 5.15.